The van der Waals surface area contributed by atoms with E-state index in [0.717, 1.165) is 31.1 Å². The summed E-state index contributed by atoms with van der Waals surface area (Å²) in [5.74, 6) is 7.20. The molecule has 0 radical (unpaired) electrons. The summed E-state index contributed by atoms with van der Waals surface area (Å²) < 4.78 is 0. The largest absolute Gasteiger partial charge is 0.319 e. The monoisotopic (exact) mass is 346 g/mol. The number of fused-ring (bicyclic) bond motifs is 2. The van der Waals surface area contributed by atoms with Gasteiger partial charge in [0.25, 0.3) is 5.91 Å². The van der Waals surface area contributed by atoms with Crippen molar-refractivity contribution in [3.63, 3.8) is 0 Å². The molecule has 1 fully saturated rings. The minimum atomic E-state index is -0.112. The van der Waals surface area contributed by atoms with Crippen molar-refractivity contribution >= 4 is 23.1 Å². The van der Waals surface area contributed by atoms with Crippen molar-refractivity contribution in [2.24, 2.45) is 0 Å². The number of pyridine rings is 1. The Morgan fingerprint density at radius 1 is 1.00 bits per heavy atom. The first kappa shape index (κ1) is 16.6. The Morgan fingerprint density at radius 3 is 2.69 bits per heavy atom. The van der Waals surface area contributed by atoms with Crippen molar-refractivity contribution < 1.29 is 4.79 Å². The molecule has 132 valence electrons. The number of benzene rings is 1. The van der Waals surface area contributed by atoms with Gasteiger partial charge in [-0.05, 0) is 50.2 Å². The van der Waals surface area contributed by atoms with E-state index in [1.165, 1.54) is 19.3 Å². The molecule has 4 rings (SSSR count). The van der Waals surface area contributed by atoms with Crippen LogP contribution in [0.2, 0.25) is 0 Å². The van der Waals surface area contributed by atoms with Crippen molar-refractivity contribution in [1.29, 1.82) is 0 Å². The number of nitrogens with zero attached hydrogens (tertiary/aromatic N) is 3. The molecule has 0 bridgehead atoms. The molecule has 0 atom stereocenters. The quantitative estimate of drug-likeness (QED) is 0.848. The molecule has 1 N–H and O–H groups in total. The number of likely N-dealkylation sites (tertiary alicyclic amines) is 1. The van der Waals surface area contributed by atoms with Gasteiger partial charge in [0.05, 0.1) is 30.0 Å². The number of rotatable bonds is 2. The SMILES string of the molecule is O=C1Nc2cccnc2N(CC#CCN2CCCCC2)c2ccccc21. The molecular formula is C21H22N4O. The average molecular weight is 346 g/mol. The minimum absolute atomic E-state index is 0.112. The maximum atomic E-state index is 12.5. The summed E-state index contributed by atoms with van der Waals surface area (Å²) >= 11 is 0. The van der Waals surface area contributed by atoms with Crippen molar-refractivity contribution in [2.75, 3.05) is 36.4 Å². The first-order valence-electron chi connectivity index (χ1n) is 9.14. The van der Waals surface area contributed by atoms with Crippen LogP contribution in [0.15, 0.2) is 42.6 Å². The lowest BCUT2D eigenvalue weighted by atomic mass is 10.1. The molecule has 2 aliphatic rings. The second kappa shape index (κ2) is 7.59. The van der Waals surface area contributed by atoms with Gasteiger partial charge >= 0.3 is 0 Å². The Bertz CT molecular complexity index is 862. The number of hydrogen-bond acceptors (Lipinski definition) is 4. The summed E-state index contributed by atoms with van der Waals surface area (Å²) in [7, 11) is 0. The predicted octanol–water partition coefficient (Wildman–Crippen LogP) is 3.27. The molecule has 5 heteroatoms. The molecule has 3 heterocycles. The Kier molecular flexibility index (Phi) is 4.85. The van der Waals surface area contributed by atoms with Crippen LogP contribution in [-0.2, 0) is 0 Å². The van der Waals surface area contributed by atoms with Gasteiger partial charge in [-0.25, -0.2) is 4.98 Å². The summed E-state index contributed by atoms with van der Waals surface area (Å²) in [5, 5.41) is 2.95. The van der Waals surface area contributed by atoms with Crippen LogP contribution < -0.4 is 10.2 Å². The Balaban J connectivity index is 1.60. The Hall–Kier alpha value is -2.84. The highest BCUT2D eigenvalue weighted by Gasteiger charge is 2.25. The van der Waals surface area contributed by atoms with E-state index >= 15 is 0 Å². The summed E-state index contributed by atoms with van der Waals surface area (Å²) in [6.07, 6.45) is 5.61. The second-order valence-electron chi connectivity index (χ2n) is 6.62. The normalized spacial score (nSPS) is 16.6. The number of carbonyl (C=O) groups is 1. The number of para-hydroxylation sites is 1. The van der Waals surface area contributed by atoms with Gasteiger partial charge in [-0.2, -0.15) is 0 Å². The molecule has 26 heavy (non-hydrogen) atoms. The molecule has 0 aliphatic carbocycles. The molecule has 0 unspecified atom stereocenters. The van der Waals surface area contributed by atoms with Crippen LogP contribution in [0.4, 0.5) is 17.2 Å². The van der Waals surface area contributed by atoms with E-state index in [1.54, 1.807) is 6.20 Å². The lowest BCUT2D eigenvalue weighted by Crippen LogP contribution is -2.30. The maximum Gasteiger partial charge on any atom is 0.257 e. The van der Waals surface area contributed by atoms with Crippen LogP contribution >= 0.6 is 0 Å². The maximum absolute atomic E-state index is 12.5. The van der Waals surface area contributed by atoms with Crippen LogP contribution in [0.1, 0.15) is 29.6 Å². The Morgan fingerprint density at radius 2 is 1.81 bits per heavy atom. The van der Waals surface area contributed by atoms with Crippen LogP contribution in [0.3, 0.4) is 0 Å². The van der Waals surface area contributed by atoms with E-state index in [4.69, 9.17) is 0 Å². The Labute approximate surface area is 154 Å². The van der Waals surface area contributed by atoms with E-state index in [0.29, 0.717) is 17.8 Å². The molecule has 0 saturated carbocycles. The summed E-state index contributed by atoms with van der Waals surface area (Å²) in [5.41, 5.74) is 2.20. The van der Waals surface area contributed by atoms with Crippen molar-refractivity contribution in [3.8, 4) is 11.8 Å². The minimum Gasteiger partial charge on any atom is -0.319 e. The second-order valence-corrected chi connectivity index (χ2v) is 6.62. The van der Waals surface area contributed by atoms with E-state index < -0.39 is 0 Å². The fourth-order valence-corrected chi connectivity index (χ4v) is 3.49. The van der Waals surface area contributed by atoms with E-state index in [1.807, 2.05) is 41.3 Å². The van der Waals surface area contributed by atoms with Crippen molar-refractivity contribution in [3.05, 3.63) is 48.2 Å². The van der Waals surface area contributed by atoms with Gasteiger partial charge in [-0.1, -0.05) is 30.4 Å². The number of hydrogen-bond donors (Lipinski definition) is 1. The number of nitrogens with one attached hydrogen (secondary N) is 1. The van der Waals surface area contributed by atoms with Gasteiger partial charge in [0.2, 0.25) is 0 Å². The summed E-state index contributed by atoms with van der Waals surface area (Å²) in [6, 6.07) is 11.3. The van der Waals surface area contributed by atoms with Crippen molar-refractivity contribution in [1.82, 2.24) is 9.88 Å². The summed E-state index contributed by atoms with van der Waals surface area (Å²) in [4.78, 5) is 21.5. The zero-order chi connectivity index (χ0) is 17.8. The first-order chi connectivity index (χ1) is 12.8. The van der Waals surface area contributed by atoms with Crippen LogP contribution in [-0.4, -0.2) is 42.0 Å². The molecule has 2 aromatic rings. The molecule has 1 amide bonds. The predicted molar refractivity (Wildman–Crippen MR) is 104 cm³/mol. The number of carbonyl (C=O) groups excluding carboxylic acids is 1. The van der Waals surface area contributed by atoms with Crippen molar-refractivity contribution in [2.45, 2.75) is 19.3 Å². The van der Waals surface area contributed by atoms with Gasteiger partial charge < -0.3 is 10.2 Å². The first-order valence-corrected chi connectivity index (χ1v) is 9.14. The molecular weight excluding hydrogens is 324 g/mol. The molecule has 1 aromatic heterocycles. The van der Waals surface area contributed by atoms with E-state index in [9.17, 15) is 4.79 Å². The topological polar surface area (TPSA) is 48.5 Å². The highest BCUT2D eigenvalue weighted by Crippen LogP contribution is 2.35. The van der Waals surface area contributed by atoms with E-state index in [-0.39, 0.29) is 5.91 Å². The third kappa shape index (κ3) is 3.42. The summed E-state index contributed by atoms with van der Waals surface area (Å²) in [6.45, 7) is 3.60. The fourth-order valence-electron chi connectivity index (χ4n) is 3.49. The number of anilines is 3. The van der Waals surface area contributed by atoms with Gasteiger partial charge in [-0.3, -0.25) is 9.69 Å². The smallest absolute Gasteiger partial charge is 0.257 e. The van der Waals surface area contributed by atoms with Crippen LogP contribution in [0.5, 0.6) is 0 Å². The van der Waals surface area contributed by atoms with Crippen LogP contribution in [0.25, 0.3) is 0 Å². The zero-order valence-corrected chi connectivity index (χ0v) is 14.7. The van der Waals surface area contributed by atoms with E-state index in [2.05, 4.69) is 27.0 Å². The highest BCUT2D eigenvalue weighted by molar-refractivity contribution is 6.12. The molecule has 5 nitrogen and oxygen atoms in total. The zero-order valence-electron chi connectivity index (χ0n) is 14.7. The third-order valence-corrected chi connectivity index (χ3v) is 4.84. The van der Waals surface area contributed by atoms with Gasteiger partial charge in [0.15, 0.2) is 5.82 Å². The average Bonchev–Trinajstić information content (AvgIpc) is 2.81. The number of aromatic nitrogens is 1. The molecule has 1 aromatic carbocycles. The number of piperidine rings is 1. The van der Waals surface area contributed by atoms with Gasteiger partial charge in [0, 0.05) is 6.20 Å². The van der Waals surface area contributed by atoms with Gasteiger partial charge in [0.1, 0.15) is 0 Å². The highest BCUT2D eigenvalue weighted by atomic mass is 16.1. The standard InChI is InChI=1S/C21H22N4O/c26-21-17-9-2-3-11-19(17)25(20-18(23-21)10-8-12-22-20)16-7-6-15-24-13-4-1-5-14-24/h2-3,8-12H,1,4-5,13-16H2,(H,23,26). The van der Waals surface area contributed by atoms with Crippen LogP contribution in [0, 0.1) is 11.8 Å². The van der Waals surface area contributed by atoms with Gasteiger partial charge in [-0.15, -0.1) is 0 Å². The third-order valence-electron chi connectivity index (χ3n) is 4.84. The fraction of sp³-hybridized carbons (Fsp3) is 0.333. The molecule has 2 aliphatic heterocycles. The molecule has 0 spiro atoms. The molecule has 1 saturated heterocycles. The lowest BCUT2D eigenvalue weighted by Gasteiger charge is -2.24. The number of amides is 1. The lowest BCUT2D eigenvalue weighted by molar-refractivity contribution is 0.102.